The maximum absolute atomic E-state index is 5.84. The monoisotopic (exact) mass is 313 g/mol. The molecule has 88 valence electrons. The van der Waals surface area contributed by atoms with Gasteiger partial charge < -0.3 is 10.5 Å². The van der Waals surface area contributed by atoms with E-state index in [4.69, 9.17) is 22.1 Å². The fraction of sp³-hybridized carbons (Fsp3) is 0.0909. The Morgan fingerprint density at radius 3 is 2.76 bits per heavy atom. The Morgan fingerprint density at radius 1 is 1.29 bits per heavy atom. The molecule has 0 spiro atoms. The van der Waals surface area contributed by atoms with Gasteiger partial charge in [0, 0.05) is 24.0 Å². The minimum absolute atomic E-state index is 0.272. The van der Waals surface area contributed by atoms with Gasteiger partial charge >= 0.3 is 0 Å². The molecule has 0 aliphatic carbocycles. The van der Waals surface area contributed by atoms with Crippen LogP contribution in [0.1, 0.15) is 5.69 Å². The SMILES string of the molecule is NCc1nccnc1Oc1ccc(Cl)cc1Br. The van der Waals surface area contributed by atoms with E-state index in [-0.39, 0.29) is 6.54 Å². The summed E-state index contributed by atoms with van der Waals surface area (Å²) in [6.45, 7) is 0.272. The first-order chi connectivity index (χ1) is 8.20. The molecule has 0 saturated heterocycles. The smallest absolute Gasteiger partial charge is 0.242 e. The second-order valence-electron chi connectivity index (χ2n) is 3.19. The number of hydrogen-bond acceptors (Lipinski definition) is 4. The normalized spacial score (nSPS) is 10.3. The van der Waals surface area contributed by atoms with Crippen molar-refractivity contribution in [2.75, 3.05) is 0 Å². The van der Waals surface area contributed by atoms with Gasteiger partial charge in [0.1, 0.15) is 11.4 Å². The second kappa shape index (κ2) is 5.44. The summed E-state index contributed by atoms with van der Waals surface area (Å²) < 4.78 is 6.38. The minimum Gasteiger partial charge on any atom is -0.436 e. The van der Waals surface area contributed by atoms with Crippen LogP contribution in [-0.4, -0.2) is 9.97 Å². The van der Waals surface area contributed by atoms with Crippen molar-refractivity contribution < 1.29 is 4.74 Å². The molecule has 1 heterocycles. The highest BCUT2D eigenvalue weighted by atomic mass is 79.9. The molecule has 2 rings (SSSR count). The number of rotatable bonds is 3. The Kier molecular flexibility index (Phi) is 3.93. The van der Waals surface area contributed by atoms with Crippen molar-refractivity contribution in [3.63, 3.8) is 0 Å². The maximum atomic E-state index is 5.84. The molecule has 2 aromatic rings. The second-order valence-corrected chi connectivity index (χ2v) is 4.48. The first-order valence-electron chi connectivity index (χ1n) is 4.83. The van der Waals surface area contributed by atoms with Gasteiger partial charge in [0.05, 0.1) is 4.47 Å². The summed E-state index contributed by atoms with van der Waals surface area (Å²) in [5.41, 5.74) is 6.16. The molecule has 0 amide bonds. The van der Waals surface area contributed by atoms with Crippen LogP contribution >= 0.6 is 27.5 Å². The lowest BCUT2D eigenvalue weighted by Crippen LogP contribution is -2.03. The van der Waals surface area contributed by atoms with Crippen molar-refractivity contribution >= 4 is 27.5 Å². The predicted molar refractivity (Wildman–Crippen MR) is 69.1 cm³/mol. The van der Waals surface area contributed by atoms with Crippen LogP contribution in [0.15, 0.2) is 35.1 Å². The van der Waals surface area contributed by atoms with E-state index < -0.39 is 0 Å². The molecule has 2 N–H and O–H groups in total. The molecule has 0 aliphatic heterocycles. The van der Waals surface area contributed by atoms with Crippen molar-refractivity contribution in [3.05, 3.63) is 45.8 Å². The van der Waals surface area contributed by atoms with Crippen molar-refractivity contribution in [2.24, 2.45) is 5.73 Å². The van der Waals surface area contributed by atoms with Gasteiger partial charge in [-0.2, -0.15) is 0 Å². The molecule has 0 fully saturated rings. The van der Waals surface area contributed by atoms with Gasteiger partial charge in [-0.15, -0.1) is 0 Å². The molecule has 0 atom stereocenters. The van der Waals surface area contributed by atoms with Crippen molar-refractivity contribution in [2.45, 2.75) is 6.54 Å². The third-order valence-electron chi connectivity index (χ3n) is 2.03. The van der Waals surface area contributed by atoms with Gasteiger partial charge in [-0.25, -0.2) is 4.98 Å². The lowest BCUT2D eigenvalue weighted by Gasteiger charge is -2.09. The number of nitrogens with two attached hydrogens (primary N) is 1. The molecule has 17 heavy (non-hydrogen) atoms. The van der Waals surface area contributed by atoms with E-state index in [0.717, 1.165) is 4.47 Å². The number of aromatic nitrogens is 2. The van der Waals surface area contributed by atoms with Crippen molar-refractivity contribution in [3.8, 4) is 11.6 Å². The minimum atomic E-state index is 0.272. The van der Waals surface area contributed by atoms with E-state index in [2.05, 4.69) is 25.9 Å². The van der Waals surface area contributed by atoms with Crippen LogP contribution in [0.3, 0.4) is 0 Å². The van der Waals surface area contributed by atoms with Crippen molar-refractivity contribution in [1.82, 2.24) is 9.97 Å². The first kappa shape index (κ1) is 12.3. The lowest BCUT2D eigenvalue weighted by atomic mass is 10.3. The Hall–Kier alpha value is -1.17. The lowest BCUT2D eigenvalue weighted by molar-refractivity contribution is 0.449. The van der Waals surface area contributed by atoms with Crippen LogP contribution in [0.2, 0.25) is 5.02 Å². The zero-order chi connectivity index (χ0) is 12.3. The standard InChI is InChI=1S/C11H9BrClN3O/c12-8-5-7(13)1-2-10(8)17-11-9(6-14)15-3-4-16-11/h1-5H,6,14H2. The largest absolute Gasteiger partial charge is 0.436 e. The van der Waals surface area contributed by atoms with Crippen LogP contribution in [0, 0.1) is 0 Å². The van der Waals surface area contributed by atoms with Gasteiger partial charge in [0.15, 0.2) is 0 Å². The molecule has 4 nitrogen and oxygen atoms in total. The Bertz CT molecular complexity index is 536. The zero-order valence-electron chi connectivity index (χ0n) is 8.73. The highest BCUT2D eigenvalue weighted by Gasteiger charge is 2.08. The van der Waals surface area contributed by atoms with Gasteiger partial charge in [0.2, 0.25) is 5.88 Å². The van der Waals surface area contributed by atoms with E-state index in [1.165, 1.54) is 0 Å². The third-order valence-corrected chi connectivity index (χ3v) is 2.88. The maximum Gasteiger partial charge on any atom is 0.242 e. The molecule has 0 radical (unpaired) electrons. The molecule has 0 bridgehead atoms. The Labute approximate surface area is 112 Å². The highest BCUT2D eigenvalue weighted by Crippen LogP contribution is 2.31. The van der Waals surface area contributed by atoms with Crippen LogP contribution < -0.4 is 10.5 Å². The predicted octanol–water partition coefficient (Wildman–Crippen LogP) is 3.14. The van der Waals surface area contributed by atoms with E-state index in [1.807, 2.05) is 0 Å². The number of halogens is 2. The first-order valence-corrected chi connectivity index (χ1v) is 6.00. The summed E-state index contributed by atoms with van der Waals surface area (Å²) in [5.74, 6) is 1.02. The average molecular weight is 315 g/mol. The fourth-order valence-electron chi connectivity index (χ4n) is 1.24. The van der Waals surface area contributed by atoms with E-state index in [1.54, 1.807) is 30.6 Å². The Morgan fingerprint density at radius 2 is 2.06 bits per heavy atom. The van der Waals surface area contributed by atoms with Crippen LogP contribution in [0.25, 0.3) is 0 Å². The topological polar surface area (TPSA) is 61.0 Å². The number of benzene rings is 1. The molecule has 0 unspecified atom stereocenters. The van der Waals surface area contributed by atoms with E-state index in [9.17, 15) is 0 Å². The number of ether oxygens (including phenoxy) is 1. The molecule has 1 aromatic carbocycles. The third kappa shape index (κ3) is 2.94. The van der Waals surface area contributed by atoms with Gasteiger partial charge in [0.25, 0.3) is 0 Å². The molecule has 0 saturated carbocycles. The summed E-state index contributed by atoms with van der Waals surface area (Å²) in [7, 11) is 0. The molecule has 6 heteroatoms. The van der Waals surface area contributed by atoms with Crippen LogP contribution in [0.5, 0.6) is 11.6 Å². The number of hydrogen-bond donors (Lipinski definition) is 1. The molecule has 0 aliphatic rings. The molecular formula is C11H9BrClN3O. The Balaban J connectivity index is 2.31. The fourth-order valence-corrected chi connectivity index (χ4v) is 2.01. The van der Waals surface area contributed by atoms with Gasteiger partial charge in [-0.3, -0.25) is 4.98 Å². The van der Waals surface area contributed by atoms with Crippen molar-refractivity contribution in [1.29, 1.82) is 0 Å². The summed E-state index contributed by atoms with van der Waals surface area (Å²) in [5, 5.41) is 0.627. The van der Waals surface area contributed by atoms with Crippen LogP contribution in [-0.2, 0) is 6.54 Å². The highest BCUT2D eigenvalue weighted by molar-refractivity contribution is 9.10. The van der Waals surface area contributed by atoms with E-state index >= 15 is 0 Å². The quantitative estimate of drug-likeness (QED) is 0.945. The summed E-state index contributed by atoms with van der Waals surface area (Å²) in [4.78, 5) is 8.18. The summed E-state index contributed by atoms with van der Waals surface area (Å²) in [6.07, 6.45) is 3.13. The number of nitrogens with zero attached hydrogens (tertiary/aromatic N) is 2. The average Bonchev–Trinajstić information content (AvgIpc) is 2.33. The summed E-state index contributed by atoms with van der Waals surface area (Å²) >= 11 is 9.21. The molecule has 1 aromatic heterocycles. The van der Waals surface area contributed by atoms with E-state index in [0.29, 0.717) is 22.3 Å². The van der Waals surface area contributed by atoms with Crippen LogP contribution in [0.4, 0.5) is 0 Å². The van der Waals surface area contributed by atoms with Gasteiger partial charge in [-0.05, 0) is 34.1 Å². The summed E-state index contributed by atoms with van der Waals surface area (Å²) in [6, 6.07) is 5.23. The molecular weight excluding hydrogens is 305 g/mol. The zero-order valence-corrected chi connectivity index (χ0v) is 11.1. The van der Waals surface area contributed by atoms with Gasteiger partial charge in [-0.1, -0.05) is 11.6 Å².